The smallest absolute Gasteiger partial charge is 0.329 e. The van der Waals surface area contributed by atoms with E-state index in [0.717, 1.165) is 24.8 Å². The molecule has 1 amide bonds. The molecule has 1 aromatic carbocycles. The van der Waals surface area contributed by atoms with Crippen LogP contribution >= 0.6 is 0 Å². The van der Waals surface area contributed by atoms with E-state index in [1.54, 1.807) is 4.90 Å². The number of amides is 1. The van der Waals surface area contributed by atoms with Crippen LogP contribution in [0.4, 0.5) is 0 Å². The molecule has 4 bridgehead atoms. The van der Waals surface area contributed by atoms with Crippen molar-refractivity contribution in [1.29, 1.82) is 0 Å². The number of carbonyl (C=O) groups is 2. The van der Waals surface area contributed by atoms with Gasteiger partial charge in [-0.15, -0.1) is 0 Å². The van der Waals surface area contributed by atoms with Crippen molar-refractivity contribution in [3.05, 3.63) is 35.9 Å². The van der Waals surface area contributed by atoms with E-state index >= 15 is 0 Å². The molecular formula is C23H29NO4. The first-order chi connectivity index (χ1) is 13.5. The third-order valence-electron chi connectivity index (χ3n) is 7.53. The van der Waals surface area contributed by atoms with Crippen molar-refractivity contribution in [2.24, 2.45) is 23.2 Å². The Balaban J connectivity index is 1.30. The molecule has 6 rings (SSSR count). The highest BCUT2D eigenvalue weighted by Gasteiger charge is 2.57. The number of hydrogen-bond donors (Lipinski definition) is 1. The Morgan fingerprint density at radius 2 is 1.61 bits per heavy atom. The lowest BCUT2D eigenvalue weighted by Crippen LogP contribution is -2.56. The van der Waals surface area contributed by atoms with Gasteiger partial charge in [-0.25, -0.2) is 4.79 Å². The minimum atomic E-state index is -0.654. The number of aliphatic hydroxyl groups is 1. The number of esters is 1. The number of β-amino-alcohol motifs (C(OH)–C–C–N with tert-alkyl or cyclic N) is 1. The Morgan fingerprint density at radius 3 is 2.21 bits per heavy atom. The average molecular weight is 383 g/mol. The third kappa shape index (κ3) is 3.14. The largest absolute Gasteiger partial charge is 0.459 e. The van der Waals surface area contributed by atoms with E-state index in [-0.39, 0.29) is 30.9 Å². The van der Waals surface area contributed by atoms with Gasteiger partial charge in [-0.05, 0) is 61.8 Å². The molecule has 4 aliphatic carbocycles. The monoisotopic (exact) mass is 383 g/mol. The lowest BCUT2D eigenvalue weighted by molar-refractivity contribution is -0.166. The minimum Gasteiger partial charge on any atom is -0.459 e. The van der Waals surface area contributed by atoms with Gasteiger partial charge in [-0.1, -0.05) is 30.3 Å². The minimum absolute atomic E-state index is 0.102. The van der Waals surface area contributed by atoms with Gasteiger partial charge in [-0.3, -0.25) is 4.79 Å². The molecule has 1 N–H and O–H groups in total. The van der Waals surface area contributed by atoms with Crippen molar-refractivity contribution < 1.29 is 19.4 Å². The Hall–Kier alpha value is -1.88. The second-order valence-electron chi connectivity index (χ2n) is 9.65. The number of carbonyl (C=O) groups excluding carboxylic acids is 2. The number of ether oxygens (including phenoxy) is 1. The first kappa shape index (κ1) is 18.2. The molecule has 5 nitrogen and oxygen atoms in total. The van der Waals surface area contributed by atoms with Crippen LogP contribution in [0.25, 0.3) is 0 Å². The topological polar surface area (TPSA) is 66.8 Å². The summed E-state index contributed by atoms with van der Waals surface area (Å²) in [5.74, 6) is 1.73. The Morgan fingerprint density at radius 1 is 1.00 bits per heavy atom. The molecule has 1 aliphatic heterocycles. The van der Waals surface area contributed by atoms with Gasteiger partial charge < -0.3 is 14.7 Å². The summed E-state index contributed by atoms with van der Waals surface area (Å²) in [5, 5.41) is 10.2. The molecule has 4 saturated carbocycles. The van der Waals surface area contributed by atoms with Crippen LogP contribution in [0, 0.1) is 23.2 Å². The average Bonchev–Trinajstić information content (AvgIpc) is 3.07. The molecule has 1 heterocycles. The molecule has 5 fully saturated rings. The second-order valence-corrected chi connectivity index (χ2v) is 9.65. The van der Waals surface area contributed by atoms with Crippen LogP contribution in [0.5, 0.6) is 0 Å². The lowest BCUT2D eigenvalue weighted by atomic mass is 9.49. The highest BCUT2D eigenvalue weighted by molar-refractivity contribution is 5.89. The van der Waals surface area contributed by atoms with E-state index in [4.69, 9.17) is 4.74 Å². The van der Waals surface area contributed by atoms with Crippen molar-refractivity contribution in [1.82, 2.24) is 4.90 Å². The van der Waals surface area contributed by atoms with E-state index in [9.17, 15) is 14.7 Å². The lowest BCUT2D eigenvalue weighted by Gasteiger charge is -2.56. The zero-order valence-corrected chi connectivity index (χ0v) is 16.3. The molecule has 0 unspecified atom stereocenters. The van der Waals surface area contributed by atoms with Gasteiger partial charge >= 0.3 is 5.97 Å². The fourth-order valence-electron chi connectivity index (χ4n) is 6.76. The number of hydrogen-bond acceptors (Lipinski definition) is 4. The van der Waals surface area contributed by atoms with Gasteiger partial charge in [0, 0.05) is 13.0 Å². The summed E-state index contributed by atoms with van der Waals surface area (Å²) >= 11 is 0. The maximum Gasteiger partial charge on any atom is 0.329 e. The zero-order chi connectivity index (χ0) is 19.3. The number of rotatable bonds is 4. The van der Waals surface area contributed by atoms with Gasteiger partial charge in [0.25, 0.3) is 0 Å². The quantitative estimate of drug-likeness (QED) is 0.812. The molecular weight excluding hydrogens is 354 g/mol. The molecule has 5 heteroatoms. The van der Waals surface area contributed by atoms with Crippen LogP contribution in [0.1, 0.15) is 50.5 Å². The van der Waals surface area contributed by atoms with E-state index in [1.807, 2.05) is 30.3 Å². The predicted octanol–water partition coefficient (Wildman–Crippen LogP) is 2.91. The number of aliphatic hydroxyl groups excluding tert-OH is 1. The normalized spacial score (nSPS) is 38.6. The van der Waals surface area contributed by atoms with Gasteiger partial charge in [0.1, 0.15) is 12.6 Å². The van der Waals surface area contributed by atoms with E-state index in [0.29, 0.717) is 17.8 Å². The summed E-state index contributed by atoms with van der Waals surface area (Å²) in [7, 11) is 0. The third-order valence-corrected chi connectivity index (χ3v) is 7.53. The maximum atomic E-state index is 13.6. The summed E-state index contributed by atoms with van der Waals surface area (Å²) in [6.45, 7) is 0.456. The first-order valence-corrected chi connectivity index (χ1v) is 10.7. The molecule has 0 spiro atoms. The van der Waals surface area contributed by atoms with Crippen molar-refractivity contribution in [2.75, 3.05) is 6.54 Å². The summed E-state index contributed by atoms with van der Waals surface area (Å²) in [6, 6.07) is 8.91. The molecule has 0 aromatic heterocycles. The molecule has 2 atom stereocenters. The van der Waals surface area contributed by atoms with Crippen LogP contribution in [-0.4, -0.2) is 40.6 Å². The predicted molar refractivity (Wildman–Crippen MR) is 103 cm³/mol. The fraction of sp³-hybridized carbons (Fsp3) is 0.652. The Bertz CT molecular complexity index is 726. The molecule has 0 radical (unpaired) electrons. The number of nitrogens with zero attached hydrogens (tertiary/aromatic N) is 1. The van der Waals surface area contributed by atoms with E-state index in [1.165, 1.54) is 19.3 Å². The van der Waals surface area contributed by atoms with Crippen LogP contribution < -0.4 is 0 Å². The Labute approximate surface area is 166 Å². The van der Waals surface area contributed by atoms with Crippen molar-refractivity contribution in [2.45, 2.75) is 63.7 Å². The second kappa shape index (κ2) is 6.87. The standard InChI is InChI=1S/C23H29NO4/c25-19-9-20(21(26)28-14-15-4-2-1-3-5-15)24(13-19)22(27)23-10-16-6-17(11-23)8-18(7-16)12-23/h1-5,16-20,25H,6-14H2/t16?,17?,18?,19-,20+,23?/m1/s1. The molecule has 1 aromatic rings. The molecule has 5 aliphatic rings. The molecule has 150 valence electrons. The Kier molecular flexibility index (Phi) is 4.46. The van der Waals surface area contributed by atoms with Crippen LogP contribution in [0.2, 0.25) is 0 Å². The van der Waals surface area contributed by atoms with Crippen LogP contribution in [-0.2, 0) is 20.9 Å². The van der Waals surface area contributed by atoms with Gasteiger partial charge in [-0.2, -0.15) is 0 Å². The van der Waals surface area contributed by atoms with Gasteiger partial charge in [0.2, 0.25) is 5.91 Å². The SMILES string of the molecule is O=C(OCc1ccccc1)[C@@H]1C[C@@H](O)CN1C(=O)C12CC3CC(CC(C3)C1)C2. The first-order valence-electron chi connectivity index (χ1n) is 10.7. The zero-order valence-electron chi connectivity index (χ0n) is 16.3. The highest BCUT2D eigenvalue weighted by atomic mass is 16.5. The highest BCUT2D eigenvalue weighted by Crippen LogP contribution is 2.60. The van der Waals surface area contributed by atoms with Crippen molar-refractivity contribution in [3.63, 3.8) is 0 Å². The summed E-state index contributed by atoms with van der Waals surface area (Å²) < 4.78 is 5.52. The van der Waals surface area contributed by atoms with Crippen molar-refractivity contribution in [3.8, 4) is 0 Å². The summed E-state index contributed by atoms with van der Waals surface area (Å²) in [4.78, 5) is 28.1. The van der Waals surface area contributed by atoms with Gasteiger partial charge in [0.15, 0.2) is 0 Å². The molecule has 28 heavy (non-hydrogen) atoms. The molecule has 1 saturated heterocycles. The fourth-order valence-corrected chi connectivity index (χ4v) is 6.76. The van der Waals surface area contributed by atoms with Crippen LogP contribution in [0.3, 0.4) is 0 Å². The van der Waals surface area contributed by atoms with E-state index < -0.39 is 18.1 Å². The van der Waals surface area contributed by atoms with E-state index in [2.05, 4.69) is 0 Å². The summed E-state index contributed by atoms with van der Waals surface area (Å²) in [6.07, 6.45) is 6.37. The number of likely N-dealkylation sites (tertiary alicyclic amines) is 1. The van der Waals surface area contributed by atoms with Gasteiger partial charge in [0.05, 0.1) is 11.5 Å². The van der Waals surface area contributed by atoms with Crippen molar-refractivity contribution >= 4 is 11.9 Å². The van der Waals surface area contributed by atoms with Crippen LogP contribution in [0.15, 0.2) is 30.3 Å². The maximum absolute atomic E-state index is 13.6. The number of benzene rings is 1. The summed E-state index contributed by atoms with van der Waals surface area (Å²) in [5.41, 5.74) is 0.630.